The molecule has 0 saturated heterocycles. The van der Waals surface area contributed by atoms with Gasteiger partial charge in [0.2, 0.25) is 15.9 Å². The van der Waals surface area contributed by atoms with E-state index >= 15 is 0 Å². The molecule has 0 spiro atoms. The summed E-state index contributed by atoms with van der Waals surface area (Å²) in [5.74, 6) is -2.31. The van der Waals surface area contributed by atoms with Crippen LogP contribution in [0.25, 0.3) is 0 Å². The number of benzene rings is 2. The van der Waals surface area contributed by atoms with Gasteiger partial charge in [-0.25, -0.2) is 21.9 Å². The summed E-state index contributed by atoms with van der Waals surface area (Å²) in [5, 5.41) is 2.53. The van der Waals surface area contributed by atoms with Gasteiger partial charge in [0.1, 0.15) is 0 Å². The van der Waals surface area contributed by atoms with Crippen molar-refractivity contribution in [1.29, 1.82) is 0 Å². The lowest BCUT2D eigenvalue weighted by molar-refractivity contribution is -0.114. The first-order chi connectivity index (χ1) is 11.2. The SMILES string of the molecule is CC(=O)Nc1ccc(S(=O)(=O)N[C@H](C)c2ccc(F)c(F)c2)cc1. The first kappa shape index (κ1) is 18.0. The molecule has 0 aliphatic carbocycles. The second-order valence-corrected chi connectivity index (χ2v) is 6.94. The Kier molecular flexibility index (Phi) is 5.30. The minimum Gasteiger partial charge on any atom is -0.326 e. The van der Waals surface area contributed by atoms with Crippen molar-refractivity contribution >= 4 is 21.6 Å². The van der Waals surface area contributed by atoms with Crippen LogP contribution in [0.5, 0.6) is 0 Å². The summed E-state index contributed by atoms with van der Waals surface area (Å²) >= 11 is 0. The van der Waals surface area contributed by atoms with E-state index in [4.69, 9.17) is 0 Å². The van der Waals surface area contributed by atoms with E-state index < -0.39 is 27.7 Å². The first-order valence-electron chi connectivity index (χ1n) is 7.04. The monoisotopic (exact) mass is 354 g/mol. The molecule has 2 N–H and O–H groups in total. The number of carbonyl (C=O) groups is 1. The maximum atomic E-state index is 13.3. The van der Waals surface area contributed by atoms with Crippen molar-refractivity contribution < 1.29 is 22.0 Å². The lowest BCUT2D eigenvalue weighted by atomic mass is 10.1. The molecule has 0 radical (unpaired) electrons. The highest BCUT2D eigenvalue weighted by molar-refractivity contribution is 7.89. The molecule has 0 aliphatic rings. The van der Waals surface area contributed by atoms with Crippen LogP contribution in [-0.2, 0) is 14.8 Å². The second kappa shape index (κ2) is 7.06. The van der Waals surface area contributed by atoms with Crippen molar-refractivity contribution in [3.8, 4) is 0 Å². The molecule has 5 nitrogen and oxygen atoms in total. The highest BCUT2D eigenvalue weighted by Crippen LogP contribution is 2.20. The van der Waals surface area contributed by atoms with Crippen molar-refractivity contribution in [2.75, 3.05) is 5.32 Å². The average Bonchev–Trinajstić information content (AvgIpc) is 2.49. The predicted molar refractivity (Wildman–Crippen MR) is 85.8 cm³/mol. The second-order valence-electron chi connectivity index (χ2n) is 5.22. The molecular weight excluding hydrogens is 338 g/mol. The molecular formula is C16H16F2N2O3S. The number of amides is 1. The fourth-order valence-electron chi connectivity index (χ4n) is 2.07. The number of hydrogen-bond donors (Lipinski definition) is 2. The molecule has 0 bridgehead atoms. The molecule has 1 atom stereocenters. The van der Waals surface area contributed by atoms with E-state index in [2.05, 4.69) is 10.0 Å². The number of hydrogen-bond acceptors (Lipinski definition) is 3. The van der Waals surface area contributed by atoms with Gasteiger partial charge in [0, 0.05) is 18.7 Å². The number of rotatable bonds is 5. The Morgan fingerprint density at radius 1 is 1.04 bits per heavy atom. The molecule has 0 fully saturated rings. The van der Waals surface area contributed by atoms with Crippen molar-refractivity contribution in [1.82, 2.24) is 4.72 Å². The molecule has 2 rings (SSSR count). The Morgan fingerprint density at radius 2 is 1.67 bits per heavy atom. The van der Waals surface area contributed by atoms with Crippen LogP contribution in [-0.4, -0.2) is 14.3 Å². The van der Waals surface area contributed by atoms with Gasteiger partial charge < -0.3 is 5.32 Å². The summed E-state index contributed by atoms with van der Waals surface area (Å²) in [6.45, 7) is 2.87. The van der Waals surface area contributed by atoms with Gasteiger partial charge in [-0.3, -0.25) is 4.79 Å². The lowest BCUT2D eigenvalue weighted by Crippen LogP contribution is -2.27. The summed E-state index contributed by atoms with van der Waals surface area (Å²) in [5.41, 5.74) is 0.766. The quantitative estimate of drug-likeness (QED) is 0.867. The zero-order valence-electron chi connectivity index (χ0n) is 13.0. The minimum absolute atomic E-state index is 0.00830. The maximum absolute atomic E-state index is 13.3. The van der Waals surface area contributed by atoms with Gasteiger partial charge in [-0.15, -0.1) is 0 Å². The van der Waals surface area contributed by atoms with E-state index in [0.717, 1.165) is 12.1 Å². The van der Waals surface area contributed by atoms with Gasteiger partial charge in [-0.2, -0.15) is 0 Å². The van der Waals surface area contributed by atoms with Crippen molar-refractivity contribution in [2.45, 2.75) is 24.8 Å². The van der Waals surface area contributed by atoms with E-state index in [0.29, 0.717) is 11.3 Å². The normalized spacial score (nSPS) is 12.7. The first-order valence-corrected chi connectivity index (χ1v) is 8.52. The van der Waals surface area contributed by atoms with Crippen LogP contribution < -0.4 is 10.0 Å². The third kappa shape index (κ3) is 4.36. The van der Waals surface area contributed by atoms with Crippen LogP contribution >= 0.6 is 0 Å². The van der Waals surface area contributed by atoms with E-state index in [9.17, 15) is 22.0 Å². The van der Waals surface area contributed by atoms with Gasteiger partial charge in [0.05, 0.1) is 4.90 Å². The van der Waals surface area contributed by atoms with Crippen LogP contribution in [0.1, 0.15) is 25.5 Å². The van der Waals surface area contributed by atoms with Gasteiger partial charge in [-0.05, 0) is 48.9 Å². The van der Waals surface area contributed by atoms with Crippen LogP contribution in [0.2, 0.25) is 0 Å². The topological polar surface area (TPSA) is 75.3 Å². The highest BCUT2D eigenvalue weighted by Gasteiger charge is 2.19. The fraction of sp³-hybridized carbons (Fsp3) is 0.188. The van der Waals surface area contributed by atoms with E-state index in [1.54, 1.807) is 0 Å². The summed E-state index contributed by atoms with van der Waals surface area (Å²) in [7, 11) is -3.85. The summed E-state index contributed by atoms with van der Waals surface area (Å²) in [6.07, 6.45) is 0. The van der Waals surface area contributed by atoms with E-state index in [-0.39, 0.29) is 10.8 Å². The molecule has 2 aromatic carbocycles. The number of sulfonamides is 1. The largest absolute Gasteiger partial charge is 0.326 e. The van der Waals surface area contributed by atoms with Crippen molar-refractivity contribution in [2.24, 2.45) is 0 Å². The molecule has 0 aromatic heterocycles. The van der Waals surface area contributed by atoms with Gasteiger partial charge in [0.15, 0.2) is 11.6 Å². The number of halogens is 2. The fourth-order valence-corrected chi connectivity index (χ4v) is 3.30. The average molecular weight is 354 g/mol. The van der Waals surface area contributed by atoms with Crippen LogP contribution in [0.3, 0.4) is 0 Å². The Balaban J connectivity index is 2.17. The van der Waals surface area contributed by atoms with Crippen LogP contribution in [0.4, 0.5) is 14.5 Å². The van der Waals surface area contributed by atoms with Crippen LogP contribution in [0, 0.1) is 11.6 Å². The smallest absolute Gasteiger partial charge is 0.241 e. The molecule has 128 valence electrons. The van der Waals surface area contributed by atoms with E-state index in [1.165, 1.54) is 44.2 Å². The molecule has 0 heterocycles. The molecule has 24 heavy (non-hydrogen) atoms. The third-order valence-electron chi connectivity index (χ3n) is 3.26. The number of anilines is 1. The Morgan fingerprint density at radius 3 is 2.21 bits per heavy atom. The molecule has 1 amide bonds. The summed E-state index contributed by atoms with van der Waals surface area (Å²) in [4.78, 5) is 10.9. The van der Waals surface area contributed by atoms with Gasteiger partial charge in [-0.1, -0.05) is 6.07 Å². The number of nitrogens with one attached hydrogen (secondary N) is 2. The number of carbonyl (C=O) groups excluding carboxylic acids is 1. The Labute approximate surface area is 138 Å². The Bertz CT molecular complexity index is 852. The minimum atomic E-state index is -3.85. The molecule has 0 aliphatic heterocycles. The van der Waals surface area contributed by atoms with Crippen molar-refractivity contribution in [3.63, 3.8) is 0 Å². The zero-order chi connectivity index (χ0) is 17.9. The van der Waals surface area contributed by atoms with Gasteiger partial charge >= 0.3 is 0 Å². The lowest BCUT2D eigenvalue weighted by Gasteiger charge is -2.15. The highest BCUT2D eigenvalue weighted by atomic mass is 32.2. The summed E-state index contributed by atoms with van der Waals surface area (Å²) < 4.78 is 53.3. The van der Waals surface area contributed by atoms with Crippen molar-refractivity contribution in [3.05, 3.63) is 59.7 Å². The molecule has 0 unspecified atom stereocenters. The van der Waals surface area contributed by atoms with E-state index in [1.807, 2.05) is 0 Å². The summed E-state index contributed by atoms with van der Waals surface area (Å²) in [6, 6.07) is 8.04. The van der Waals surface area contributed by atoms with Crippen LogP contribution in [0.15, 0.2) is 47.4 Å². The standard InChI is InChI=1S/C16H16F2N2O3S/c1-10(12-3-8-15(17)16(18)9-12)20-24(22,23)14-6-4-13(5-7-14)19-11(2)21/h3-10,20H,1-2H3,(H,19,21)/t10-/m1/s1. The zero-order valence-corrected chi connectivity index (χ0v) is 13.8. The Hall–Kier alpha value is -2.32. The maximum Gasteiger partial charge on any atom is 0.241 e. The molecule has 0 saturated carbocycles. The molecule has 2 aromatic rings. The predicted octanol–water partition coefficient (Wildman–Crippen LogP) is 2.96. The molecule has 8 heteroatoms. The van der Waals surface area contributed by atoms with Gasteiger partial charge in [0.25, 0.3) is 0 Å². The third-order valence-corrected chi connectivity index (χ3v) is 4.82.